The fourth-order valence-corrected chi connectivity index (χ4v) is 6.22. The number of nitrogens with zero attached hydrogens (tertiary/aromatic N) is 8. The minimum atomic E-state index is -2.87. The van der Waals surface area contributed by atoms with Gasteiger partial charge in [-0.1, -0.05) is 12.1 Å². The van der Waals surface area contributed by atoms with E-state index in [0.717, 1.165) is 24.3 Å². The van der Waals surface area contributed by atoms with Gasteiger partial charge in [-0.15, -0.1) is 0 Å². The number of morpholine rings is 1. The molecule has 0 aliphatic carbocycles. The number of alkyl halides is 2. The largest absolute Gasteiger partial charge is 0.378 e. The number of ether oxygens (including phenoxy) is 1. The maximum Gasteiger partial charge on any atom is 0.328 e. The third-order valence-electron chi connectivity index (χ3n) is 8.79. The van der Waals surface area contributed by atoms with E-state index in [9.17, 15) is 23.2 Å². The van der Waals surface area contributed by atoms with E-state index in [1.165, 1.54) is 16.9 Å². The van der Waals surface area contributed by atoms with Gasteiger partial charge in [-0.25, -0.2) is 23.1 Å². The molecule has 3 aliphatic heterocycles. The minimum Gasteiger partial charge on any atom is -0.378 e. The Hall–Kier alpha value is -4.96. The molecule has 0 atom stereocenters. The van der Waals surface area contributed by atoms with Crippen LogP contribution in [0.2, 0.25) is 0 Å². The summed E-state index contributed by atoms with van der Waals surface area (Å²) in [6.45, 7) is 5.01. The first-order chi connectivity index (χ1) is 22.8. The van der Waals surface area contributed by atoms with E-state index in [0.29, 0.717) is 63.7 Å². The van der Waals surface area contributed by atoms with Crippen LogP contribution in [0.15, 0.2) is 48.9 Å². The molecule has 0 spiro atoms. The number of aromatic nitrogens is 5. The normalized spacial score (nSPS) is 18.3. The van der Waals surface area contributed by atoms with E-state index in [2.05, 4.69) is 35.6 Å². The molecule has 246 valence electrons. The number of carbonyl (C=O) groups excluding carboxylic acids is 3. The van der Waals surface area contributed by atoms with Crippen LogP contribution >= 0.6 is 0 Å². The number of hydrogen-bond donors (Lipinski definition) is 2. The lowest BCUT2D eigenvalue weighted by atomic mass is 10.0. The van der Waals surface area contributed by atoms with Crippen molar-refractivity contribution in [2.75, 3.05) is 61.1 Å². The maximum absolute atomic E-state index is 14.1. The van der Waals surface area contributed by atoms with Crippen LogP contribution < -0.4 is 20.4 Å². The highest BCUT2D eigenvalue weighted by Gasteiger charge is 2.28. The van der Waals surface area contributed by atoms with Crippen molar-refractivity contribution in [3.8, 4) is 0 Å². The Morgan fingerprint density at radius 1 is 1.04 bits per heavy atom. The Kier molecular flexibility index (Phi) is 8.51. The van der Waals surface area contributed by atoms with Gasteiger partial charge in [0.25, 0.3) is 12.3 Å². The van der Waals surface area contributed by atoms with E-state index in [1.54, 1.807) is 15.8 Å². The van der Waals surface area contributed by atoms with Gasteiger partial charge in [0, 0.05) is 63.8 Å². The molecule has 0 radical (unpaired) electrons. The number of piperidine rings is 1. The number of urea groups is 1. The van der Waals surface area contributed by atoms with E-state index in [4.69, 9.17) is 4.74 Å². The van der Waals surface area contributed by atoms with Crippen molar-refractivity contribution < 1.29 is 27.9 Å². The SMILES string of the molecule is O=C1CCN(c2ccc(CN3CCC(n4cc(NC(=O)c5cnn6ccc(N7CCOCC7)nc56)c(C(F)F)n4)CC3)cc2)C(=O)N1. The minimum absolute atomic E-state index is 0.0389. The van der Waals surface area contributed by atoms with E-state index in [-0.39, 0.29) is 29.6 Å². The topological polar surface area (TPSA) is 142 Å². The van der Waals surface area contributed by atoms with Crippen LogP contribution in [-0.4, -0.2) is 93.1 Å². The lowest BCUT2D eigenvalue weighted by molar-refractivity contribution is -0.120. The highest BCUT2D eigenvalue weighted by Crippen LogP contribution is 2.31. The van der Waals surface area contributed by atoms with Crippen LogP contribution in [-0.2, 0) is 16.1 Å². The smallest absolute Gasteiger partial charge is 0.328 e. The molecular weight excluding hydrogens is 614 g/mol. The van der Waals surface area contributed by atoms with Gasteiger partial charge in [0.15, 0.2) is 11.3 Å². The molecule has 3 aliphatic rings. The van der Waals surface area contributed by atoms with Crippen LogP contribution in [0.1, 0.15) is 53.3 Å². The monoisotopic (exact) mass is 648 g/mol. The van der Waals surface area contributed by atoms with Crippen molar-refractivity contribution in [3.05, 3.63) is 65.7 Å². The van der Waals surface area contributed by atoms with Gasteiger partial charge in [0.2, 0.25) is 5.91 Å². The molecule has 0 saturated carbocycles. The van der Waals surface area contributed by atoms with Crippen molar-refractivity contribution in [2.45, 2.75) is 38.3 Å². The molecule has 3 aromatic heterocycles. The molecule has 3 saturated heterocycles. The predicted molar refractivity (Wildman–Crippen MR) is 167 cm³/mol. The van der Waals surface area contributed by atoms with Crippen LogP contribution in [0.3, 0.4) is 0 Å². The fourth-order valence-electron chi connectivity index (χ4n) is 6.22. The number of anilines is 3. The molecule has 16 heteroatoms. The Labute approximate surface area is 268 Å². The number of rotatable bonds is 8. The number of hydrogen-bond acceptors (Lipinski definition) is 9. The van der Waals surface area contributed by atoms with Gasteiger partial charge in [-0.2, -0.15) is 10.2 Å². The number of nitrogens with one attached hydrogen (secondary N) is 2. The Morgan fingerprint density at radius 2 is 1.81 bits per heavy atom. The fraction of sp³-hybridized carbons (Fsp3) is 0.419. The standard InChI is InChI=1S/C31H34F2N10O4/c32-28(33)27-24(35-30(45)23-17-34-42-12-7-25(36-29(23)42)40-13-15-47-16-14-40)19-43(38-27)22-5-9-39(10-6-22)18-20-1-3-21(4-2-20)41-11-8-26(44)37-31(41)46/h1-4,7,12,17,19,22,28H,5-6,8-11,13-16,18H2,(H,35,45)(H,37,44,46). The zero-order chi connectivity index (χ0) is 32.5. The van der Waals surface area contributed by atoms with E-state index in [1.807, 2.05) is 30.3 Å². The summed E-state index contributed by atoms with van der Waals surface area (Å²) in [4.78, 5) is 47.4. The first-order valence-corrected chi connectivity index (χ1v) is 15.6. The Morgan fingerprint density at radius 3 is 2.53 bits per heavy atom. The second kappa shape index (κ2) is 13.0. The summed E-state index contributed by atoms with van der Waals surface area (Å²) in [7, 11) is 0. The summed E-state index contributed by atoms with van der Waals surface area (Å²) in [5.41, 5.74) is 1.78. The van der Waals surface area contributed by atoms with Crippen LogP contribution in [0.5, 0.6) is 0 Å². The summed E-state index contributed by atoms with van der Waals surface area (Å²) >= 11 is 0. The Bertz CT molecular complexity index is 1780. The molecule has 4 aromatic rings. The van der Waals surface area contributed by atoms with E-state index >= 15 is 0 Å². The zero-order valence-corrected chi connectivity index (χ0v) is 25.5. The molecule has 1 aromatic carbocycles. The van der Waals surface area contributed by atoms with Gasteiger partial charge in [0.05, 0.1) is 31.1 Å². The molecular formula is C31H34F2N10O4. The molecule has 6 heterocycles. The second-order valence-electron chi connectivity index (χ2n) is 11.8. The van der Waals surface area contributed by atoms with Gasteiger partial charge in [0.1, 0.15) is 11.4 Å². The molecule has 3 fully saturated rings. The zero-order valence-electron chi connectivity index (χ0n) is 25.5. The van der Waals surface area contributed by atoms with Crippen molar-refractivity contribution in [2.24, 2.45) is 0 Å². The molecule has 0 unspecified atom stereocenters. The summed E-state index contributed by atoms with van der Waals surface area (Å²) in [6, 6.07) is 8.96. The molecule has 2 N–H and O–H groups in total. The lowest BCUT2D eigenvalue weighted by Crippen LogP contribution is -2.49. The number of fused-ring (bicyclic) bond motifs is 1. The quantitative estimate of drug-likeness (QED) is 0.295. The number of carbonyl (C=O) groups is 3. The van der Waals surface area contributed by atoms with Crippen LogP contribution in [0.4, 0.5) is 30.8 Å². The number of halogens is 2. The van der Waals surface area contributed by atoms with Crippen LogP contribution in [0.25, 0.3) is 5.65 Å². The average molecular weight is 649 g/mol. The third kappa shape index (κ3) is 6.51. The number of likely N-dealkylation sites (tertiary alicyclic amines) is 1. The third-order valence-corrected chi connectivity index (χ3v) is 8.79. The van der Waals surface area contributed by atoms with Gasteiger partial charge in [-0.3, -0.25) is 29.4 Å². The summed E-state index contributed by atoms with van der Waals surface area (Å²) in [5.74, 6) is -0.180. The number of amides is 4. The van der Waals surface area contributed by atoms with Crippen molar-refractivity contribution >= 4 is 40.7 Å². The highest BCUT2D eigenvalue weighted by atomic mass is 19.3. The number of imide groups is 1. The van der Waals surface area contributed by atoms with Crippen molar-refractivity contribution in [1.82, 2.24) is 34.6 Å². The van der Waals surface area contributed by atoms with E-state index < -0.39 is 24.1 Å². The summed E-state index contributed by atoms with van der Waals surface area (Å²) in [6.07, 6.45) is 3.36. The number of benzene rings is 1. The van der Waals surface area contributed by atoms with Gasteiger partial charge in [-0.05, 0) is 36.6 Å². The van der Waals surface area contributed by atoms with Crippen molar-refractivity contribution in [1.29, 1.82) is 0 Å². The van der Waals surface area contributed by atoms with Gasteiger partial charge < -0.3 is 15.0 Å². The molecule has 14 nitrogen and oxygen atoms in total. The molecule has 4 amide bonds. The lowest BCUT2D eigenvalue weighted by Gasteiger charge is -2.32. The first-order valence-electron chi connectivity index (χ1n) is 15.6. The summed E-state index contributed by atoms with van der Waals surface area (Å²) in [5, 5.41) is 13.4. The predicted octanol–water partition coefficient (Wildman–Crippen LogP) is 3.24. The van der Waals surface area contributed by atoms with Gasteiger partial charge >= 0.3 is 6.03 Å². The second-order valence-corrected chi connectivity index (χ2v) is 11.8. The maximum atomic E-state index is 14.1. The molecule has 47 heavy (non-hydrogen) atoms. The average Bonchev–Trinajstić information content (AvgIpc) is 3.70. The first kappa shape index (κ1) is 30.7. The molecule has 0 bridgehead atoms. The van der Waals surface area contributed by atoms with Crippen molar-refractivity contribution in [3.63, 3.8) is 0 Å². The van der Waals surface area contributed by atoms with Crippen LogP contribution in [0, 0.1) is 0 Å². The molecule has 7 rings (SSSR count). The summed E-state index contributed by atoms with van der Waals surface area (Å²) < 4.78 is 36.6. The highest BCUT2D eigenvalue weighted by molar-refractivity contribution is 6.08. The Balaban J connectivity index is 0.985.